The van der Waals surface area contributed by atoms with Gasteiger partial charge in [-0.05, 0) is 31.2 Å². The Morgan fingerprint density at radius 1 is 1.38 bits per heavy atom. The molecule has 1 atom stereocenters. The molecule has 0 saturated carbocycles. The summed E-state index contributed by atoms with van der Waals surface area (Å²) in [7, 11) is 3.64. The Morgan fingerprint density at radius 2 is 2.21 bits per heavy atom. The molecule has 1 unspecified atom stereocenters. The zero-order chi connectivity index (χ0) is 16.8. The number of amides is 1. The van der Waals surface area contributed by atoms with E-state index in [4.69, 9.17) is 4.74 Å². The molecule has 2 aromatic rings. The number of fused-ring (bicyclic) bond motifs is 3. The molecule has 0 fully saturated rings. The molecule has 126 valence electrons. The van der Waals surface area contributed by atoms with Gasteiger partial charge in [0.15, 0.2) is 0 Å². The zero-order valence-corrected chi connectivity index (χ0v) is 14.4. The molecule has 24 heavy (non-hydrogen) atoms. The van der Waals surface area contributed by atoms with Gasteiger partial charge in [-0.2, -0.15) is 0 Å². The fraction of sp³-hybridized carbons (Fsp3) is 0.353. The molecule has 3 heterocycles. The topological polar surface area (TPSA) is 73.8 Å². The van der Waals surface area contributed by atoms with Crippen LogP contribution >= 0.6 is 11.3 Å². The number of thiophene rings is 1. The predicted octanol–water partition coefficient (Wildman–Crippen LogP) is 2.30. The van der Waals surface area contributed by atoms with Gasteiger partial charge in [-0.3, -0.25) is 4.79 Å². The number of carbonyl (C=O) groups is 1. The molecule has 2 aliphatic rings. The number of benzene rings is 1. The van der Waals surface area contributed by atoms with Gasteiger partial charge in [0, 0.05) is 29.6 Å². The summed E-state index contributed by atoms with van der Waals surface area (Å²) >= 11 is 1.64. The van der Waals surface area contributed by atoms with E-state index in [1.165, 1.54) is 4.88 Å². The molecule has 7 heteroatoms. The highest BCUT2D eigenvalue weighted by atomic mass is 32.1. The van der Waals surface area contributed by atoms with Gasteiger partial charge in [-0.15, -0.1) is 11.3 Å². The quantitative estimate of drug-likeness (QED) is 0.779. The summed E-state index contributed by atoms with van der Waals surface area (Å²) in [5.74, 6) is 0.594. The van der Waals surface area contributed by atoms with Crippen LogP contribution in [0.1, 0.15) is 32.5 Å². The van der Waals surface area contributed by atoms with E-state index in [1.54, 1.807) is 36.6 Å². The Hall–Kier alpha value is -2.25. The van der Waals surface area contributed by atoms with E-state index in [-0.39, 0.29) is 11.7 Å². The number of phenolic OH excluding ortho intramolecular Hbond substituents is 1. The van der Waals surface area contributed by atoms with E-state index >= 15 is 0 Å². The maximum Gasteiger partial charge on any atom is 0.256 e. The normalized spacial score (nSPS) is 19.9. The highest BCUT2D eigenvalue weighted by Crippen LogP contribution is 2.41. The second kappa shape index (κ2) is 5.68. The first-order valence-electron chi connectivity index (χ1n) is 7.84. The summed E-state index contributed by atoms with van der Waals surface area (Å²) in [4.78, 5) is 16.2. The molecular weight excluding hydrogens is 326 g/mol. The number of ether oxygens (including phenoxy) is 1. The lowest BCUT2D eigenvalue weighted by molar-refractivity contribution is 0.0934. The molecule has 0 radical (unpaired) electrons. The van der Waals surface area contributed by atoms with Crippen LogP contribution in [-0.2, 0) is 13.0 Å². The molecule has 4 rings (SSSR count). The van der Waals surface area contributed by atoms with Crippen LogP contribution in [0.15, 0.2) is 18.2 Å². The molecule has 1 amide bonds. The Balaban J connectivity index is 1.68. The largest absolute Gasteiger partial charge is 0.507 e. The fourth-order valence-corrected chi connectivity index (χ4v) is 4.65. The van der Waals surface area contributed by atoms with E-state index in [0.717, 1.165) is 35.6 Å². The SMILES string of the molecule is COc1ccc(C2NC(=O)c3c(sc4c3CCN(C)C4)N2)c(O)c1. The van der Waals surface area contributed by atoms with Gasteiger partial charge in [0.1, 0.15) is 22.7 Å². The van der Waals surface area contributed by atoms with Gasteiger partial charge in [-0.1, -0.05) is 0 Å². The van der Waals surface area contributed by atoms with Crippen LogP contribution in [0.4, 0.5) is 5.00 Å². The first kappa shape index (κ1) is 15.3. The van der Waals surface area contributed by atoms with Crippen molar-refractivity contribution in [3.05, 3.63) is 39.8 Å². The predicted molar refractivity (Wildman–Crippen MR) is 92.8 cm³/mol. The number of nitrogens with one attached hydrogen (secondary N) is 2. The minimum Gasteiger partial charge on any atom is -0.507 e. The summed E-state index contributed by atoms with van der Waals surface area (Å²) in [6.07, 6.45) is 0.444. The van der Waals surface area contributed by atoms with Gasteiger partial charge in [0.25, 0.3) is 5.91 Å². The summed E-state index contributed by atoms with van der Waals surface area (Å²) in [5, 5.41) is 17.4. The fourth-order valence-electron chi connectivity index (χ4n) is 3.29. The highest BCUT2D eigenvalue weighted by Gasteiger charge is 2.33. The molecule has 1 aromatic heterocycles. The molecule has 0 saturated heterocycles. The first-order chi connectivity index (χ1) is 11.6. The summed E-state index contributed by atoms with van der Waals surface area (Å²) in [6.45, 7) is 1.84. The van der Waals surface area contributed by atoms with Crippen LogP contribution in [0.25, 0.3) is 0 Å². The monoisotopic (exact) mass is 345 g/mol. The van der Waals surface area contributed by atoms with Gasteiger partial charge in [-0.25, -0.2) is 0 Å². The lowest BCUT2D eigenvalue weighted by atomic mass is 10.0. The maximum atomic E-state index is 12.7. The number of aromatic hydroxyl groups is 1. The number of rotatable bonds is 2. The minimum absolute atomic E-state index is 0.0778. The Morgan fingerprint density at radius 3 is 2.96 bits per heavy atom. The Bertz CT molecular complexity index is 818. The lowest BCUT2D eigenvalue weighted by Crippen LogP contribution is -2.38. The summed E-state index contributed by atoms with van der Waals surface area (Å²) in [6, 6.07) is 5.08. The van der Waals surface area contributed by atoms with Crippen LogP contribution < -0.4 is 15.4 Å². The number of hydrogen-bond acceptors (Lipinski definition) is 6. The van der Waals surface area contributed by atoms with Crippen molar-refractivity contribution < 1.29 is 14.6 Å². The zero-order valence-electron chi connectivity index (χ0n) is 13.5. The van der Waals surface area contributed by atoms with E-state index in [2.05, 4.69) is 22.6 Å². The van der Waals surface area contributed by atoms with Crippen molar-refractivity contribution in [2.24, 2.45) is 0 Å². The molecular formula is C17H19N3O3S. The third-order valence-corrected chi connectivity index (χ3v) is 5.72. The Kier molecular flexibility index (Phi) is 3.62. The average molecular weight is 345 g/mol. The van der Waals surface area contributed by atoms with E-state index in [9.17, 15) is 9.90 Å². The lowest BCUT2D eigenvalue weighted by Gasteiger charge is -2.27. The molecule has 3 N–H and O–H groups in total. The molecule has 0 bridgehead atoms. The van der Waals surface area contributed by atoms with Crippen LogP contribution in [0.2, 0.25) is 0 Å². The second-order valence-electron chi connectivity index (χ2n) is 6.17. The summed E-state index contributed by atoms with van der Waals surface area (Å²) in [5.41, 5.74) is 2.56. The molecule has 2 aliphatic heterocycles. The average Bonchev–Trinajstić information content (AvgIpc) is 2.92. The second-order valence-corrected chi connectivity index (χ2v) is 7.28. The number of nitrogens with zero attached hydrogens (tertiary/aromatic N) is 1. The van der Waals surface area contributed by atoms with Crippen molar-refractivity contribution in [2.75, 3.05) is 26.0 Å². The van der Waals surface area contributed by atoms with Gasteiger partial charge in [0.05, 0.1) is 12.7 Å². The van der Waals surface area contributed by atoms with Crippen molar-refractivity contribution in [2.45, 2.75) is 19.1 Å². The Labute approximate surface area is 144 Å². The van der Waals surface area contributed by atoms with Crippen LogP contribution in [0.3, 0.4) is 0 Å². The molecule has 0 aliphatic carbocycles. The number of phenols is 1. The summed E-state index contributed by atoms with van der Waals surface area (Å²) < 4.78 is 5.11. The van der Waals surface area contributed by atoms with Crippen LogP contribution in [0.5, 0.6) is 11.5 Å². The van der Waals surface area contributed by atoms with Gasteiger partial charge < -0.3 is 25.4 Å². The standard InChI is InChI=1S/C17H19N3O3S/c1-20-6-5-11-13(8-20)24-17-14(11)16(22)18-15(19-17)10-4-3-9(23-2)7-12(10)21/h3-4,7,15,19,21H,5-6,8H2,1-2H3,(H,18,22). The number of anilines is 1. The maximum absolute atomic E-state index is 12.7. The number of carbonyl (C=O) groups excluding carboxylic acids is 1. The minimum atomic E-state index is -0.450. The van der Waals surface area contributed by atoms with Crippen molar-refractivity contribution >= 4 is 22.2 Å². The smallest absolute Gasteiger partial charge is 0.256 e. The number of methoxy groups -OCH3 is 1. The first-order valence-corrected chi connectivity index (χ1v) is 8.66. The van der Waals surface area contributed by atoms with Crippen LogP contribution in [-0.4, -0.2) is 36.6 Å². The molecule has 1 aromatic carbocycles. The molecule has 6 nitrogen and oxygen atoms in total. The van der Waals surface area contributed by atoms with Crippen molar-refractivity contribution in [1.82, 2.24) is 10.2 Å². The third kappa shape index (κ3) is 2.40. The van der Waals surface area contributed by atoms with E-state index in [0.29, 0.717) is 11.3 Å². The van der Waals surface area contributed by atoms with E-state index in [1.807, 2.05) is 0 Å². The van der Waals surface area contributed by atoms with Crippen molar-refractivity contribution in [3.63, 3.8) is 0 Å². The van der Waals surface area contributed by atoms with Gasteiger partial charge in [0.2, 0.25) is 0 Å². The van der Waals surface area contributed by atoms with Crippen molar-refractivity contribution in [3.8, 4) is 11.5 Å². The van der Waals surface area contributed by atoms with Gasteiger partial charge >= 0.3 is 0 Å². The van der Waals surface area contributed by atoms with E-state index < -0.39 is 6.17 Å². The van der Waals surface area contributed by atoms with Crippen molar-refractivity contribution in [1.29, 1.82) is 0 Å². The third-order valence-electron chi connectivity index (χ3n) is 4.57. The number of hydrogen-bond donors (Lipinski definition) is 3. The molecule has 0 spiro atoms. The highest BCUT2D eigenvalue weighted by molar-refractivity contribution is 7.16. The number of likely N-dealkylation sites (N-methyl/N-ethyl adjacent to an activating group) is 1. The van der Waals surface area contributed by atoms with Crippen LogP contribution in [0, 0.1) is 0 Å².